The summed E-state index contributed by atoms with van der Waals surface area (Å²) in [6, 6.07) is 12.7. The zero-order valence-corrected chi connectivity index (χ0v) is 16.4. The highest BCUT2D eigenvalue weighted by Gasteiger charge is 2.13. The van der Waals surface area contributed by atoms with Crippen LogP contribution in [0, 0.1) is 0 Å². The van der Waals surface area contributed by atoms with Crippen LogP contribution in [-0.2, 0) is 11.3 Å². The van der Waals surface area contributed by atoms with E-state index in [2.05, 4.69) is 34.3 Å². The molecule has 0 spiro atoms. The average molecular weight is 391 g/mol. The van der Waals surface area contributed by atoms with Crippen LogP contribution in [0.1, 0.15) is 25.6 Å². The number of methoxy groups -OCH3 is 1. The molecule has 0 aliphatic heterocycles. The molecule has 0 atom stereocenters. The van der Waals surface area contributed by atoms with Gasteiger partial charge in [0.05, 0.1) is 11.1 Å². The van der Waals surface area contributed by atoms with Crippen LogP contribution < -0.4 is 10.7 Å². The summed E-state index contributed by atoms with van der Waals surface area (Å²) in [6.07, 6.45) is 1.69. The molecule has 4 rings (SSSR count). The number of nitrogens with one attached hydrogen (secondary N) is 1. The topological polar surface area (TPSA) is 95.1 Å². The van der Waals surface area contributed by atoms with E-state index < -0.39 is 0 Å². The van der Waals surface area contributed by atoms with E-state index in [0.717, 1.165) is 0 Å². The number of pyridine rings is 1. The molecule has 3 aromatic heterocycles. The van der Waals surface area contributed by atoms with E-state index in [1.807, 2.05) is 34.9 Å². The Hall–Kier alpha value is -3.52. The maximum absolute atomic E-state index is 12.7. The minimum Gasteiger partial charge on any atom is -0.458 e. The summed E-state index contributed by atoms with van der Waals surface area (Å²) in [5.74, 6) is 1.76. The van der Waals surface area contributed by atoms with Crippen LogP contribution in [0.2, 0.25) is 0 Å². The summed E-state index contributed by atoms with van der Waals surface area (Å²) >= 11 is 0. The van der Waals surface area contributed by atoms with Crippen molar-refractivity contribution in [2.24, 2.45) is 0 Å². The molecule has 1 N–H and O–H groups in total. The number of anilines is 2. The van der Waals surface area contributed by atoms with E-state index >= 15 is 0 Å². The first-order valence-corrected chi connectivity index (χ1v) is 9.25. The van der Waals surface area contributed by atoms with E-state index in [9.17, 15) is 4.79 Å². The molecule has 0 aliphatic carbocycles. The van der Waals surface area contributed by atoms with Crippen molar-refractivity contribution in [3.05, 3.63) is 64.8 Å². The van der Waals surface area contributed by atoms with Gasteiger partial charge in [0.25, 0.3) is 0 Å². The van der Waals surface area contributed by atoms with Crippen LogP contribution in [-0.4, -0.2) is 26.9 Å². The minimum atomic E-state index is -0.142. The Kier molecular flexibility index (Phi) is 5.09. The van der Waals surface area contributed by atoms with Crippen molar-refractivity contribution >= 4 is 22.5 Å². The minimum absolute atomic E-state index is 0.142. The Labute approximate surface area is 167 Å². The van der Waals surface area contributed by atoms with Gasteiger partial charge in [0.2, 0.25) is 0 Å². The molecule has 4 aromatic rings. The lowest BCUT2D eigenvalue weighted by atomic mass is 10.1. The molecule has 8 nitrogen and oxygen atoms in total. The summed E-state index contributed by atoms with van der Waals surface area (Å²) in [6.45, 7) is 4.35. The molecule has 0 amide bonds. The van der Waals surface area contributed by atoms with Crippen LogP contribution in [0.25, 0.3) is 22.5 Å². The second kappa shape index (κ2) is 7.84. The standard InChI is InChI=1S/C21H21N5O3/c1-13(2)26-12-22-25-21(26)16-7-5-9-19(24-16)23-15-6-4-8-18-20(15)17(27)10-14(29-18)11-28-3/h4-10,12-13H,11H2,1-3H3,(H,23,24). The van der Waals surface area contributed by atoms with Crippen molar-refractivity contribution in [2.45, 2.75) is 26.5 Å². The molecular weight excluding hydrogens is 370 g/mol. The van der Waals surface area contributed by atoms with Crippen molar-refractivity contribution in [3.8, 4) is 11.5 Å². The van der Waals surface area contributed by atoms with Crippen molar-refractivity contribution in [1.29, 1.82) is 0 Å². The Bertz CT molecular complexity index is 1210. The first-order valence-electron chi connectivity index (χ1n) is 9.25. The molecule has 0 unspecified atom stereocenters. The highest BCUT2D eigenvalue weighted by Crippen LogP contribution is 2.26. The number of ether oxygens (including phenoxy) is 1. The van der Waals surface area contributed by atoms with Gasteiger partial charge in [-0.1, -0.05) is 12.1 Å². The largest absolute Gasteiger partial charge is 0.458 e. The molecule has 29 heavy (non-hydrogen) atoms. The predicted octanol–water partition coefficient (Wildman–Crippen LogP) is 3.92. The molecule has 8 heteroatoms. The van der Waals surface area contributed by atoms with E-state index in [1.165, 1.54) is 6.07 Å². The molecule has 0 bridgehead atoms. The molecule has 0 aliphatic rings. The molecule has 1 aromatic carbocycles. The number of fused-ring (bicyclic) bond motifs is 1. The van der Waals surface area contributed by atoms with Gasteiger partial charge < -0.3 is 19.0 Å². The second-order valence-corrected chi connectivity index (χ2v) is 6.88. The number of aromatic nitrogens is 4. The lowest BCUT2D eigenvalue weighted by Gasteiger charge is -2.12. The lowest BCUT2D eigenvalue weighted by Crippen LogP contribution is -2.07. The van der Waals surface area contributed by atoms with Gasteiger partial charge in [0, 0.05) is 19.2 Å². The van der Waals surface area contributed by atoms with Crippen LogP contribution in [0.4, 0.5) is 11.5 Å². The highest BCUT2D eigenvalue weighted by atomic mass is 16.5. The Morgan fingerprint density at radius 2 is 2.03 bits per heavy atom. The van der Waals surface area contributed by atoms with Crippen LogP contribution in [0.5, 0.6) is 0 Å². The highest BCUT2D eigenvalue weighted by molar-refractivity contribution is 5.91. The van der Waals surface area contributed by atoms with Crippen molar-refractivity contribution in [1.82, 2.24) is 19.7 Å². The lowest BCUT2D eigenvalue weighted by molar-refractivity contribution is 0.165. The van der Waals surface area contributed by atoms with Crippen molar-refractivity contribution in [2.75, 3.05) is 12.4 Å². The van der Waals surface area contributed by atoms with E-state index in [1.54, 1.807) is 19.5 Å². The Morgan fingerprint density at radius 1 is 1.21 bits per heavy atom. The summed E-state index contributed by atoms with van der Waals surface area (Å²) in [7, 11) is 1.56. The average Bonchev–Trinajstić information content (AvgIpc) is 3.19. The number of hydrogen-bond donors (Lipinski definition) is 1. The van der Waals surface area contributed by atoms with Gasteiger partial charge in [-0.25, -0.2) is 4.98 Å². The zero-order chi connectivity index (χ0) is 20.4. The summed E-state index contributed by atoms with van der Waals surface area (Å²) in [4.78, 5) is 17.3. The molecule has 3 heterocycles. The fraction of sp³-hybridized carbons (Fsp3) is 0.238. The van der Waals surface area contributed by atoms with Gasteiger partial charge in [-0.05, 0) is 38.1 Å². The SMILES string of the molecule is COCc1cc(=O)c2c(Nc3cccc(-c4nncn4C(C)C)n3)cccc2o1. The first-order chi connectivity index (χ1) is 14.1. The molecule has 0 radical (unpaired) electrons. The van der Waals surface area contributed by atoms with Crippen LogP contribution in [0.3, 0.4) is 0 Å². The summed E-state index contributed by atoms with van der Waals surface area (Å²) in [5, 5.41) is 11.9. The Balaban J connectivity index is 1.72. The second-order valence-electron chi connectivity index (χ2n) is 6.88. The number of benzene rings is 1. The third-order valence-corrected chi connectivity index (χ3v) is 4.46. The summed E-state index contributed by atoms with van der Waals surface area (Å²) < 4.78 is 12.8. The van der Waals surface area contributed by atoms with E-state index in [-0.39, 0.29) is 18.1 Å². The Morgan fingerprint density at radius 3 is 2.83 bits per heavy atom. The third kappa shape index (κ3) is 3.74. The van der Waals surface area contributed by atoms with Gasteiger partial charge in [0.1, 0.15) is 35.8 Å². The maximum Gasteiger partial charge on any atom is 0.195 e. The van der Waals surface area contributed by atoms with Crippen LogP contribution in [0.15, 0.2) is 58.0 Å². The maximum atomic E-state index is 12.7. The molecular formula is C21H21N5O3. The number of nitrogens with zero attached hydrogens (tertiary/aromatic N) is 4. The molecule has 148 valence electrons. The van der Waals surface area contributed by atoms with Gasteiger partial charge in [-0.15, -0.1) is 10.2 Å². The number of rotatable bonds is 6. The van der Waals surface area contributed by atoms with Crippen LogP contribution >= 0.6 is 0 Å². The quantitative estimate of drug-likeness (QED) is 0.532. The van der Waals surface area contributed by atoms with Gasteiger partial charge >= 0.3 is 0 Å². The summed E-state index contributed by atoms with van der Waals surface area (Å²) in [5.41, 5.74) is 1.66. The molecule has 0 saturated carbocycles. The van der Waals surface area contributed by atoms with Gasteiger partial charge in [-0.3, -0.25) is 4.79 Å². The zero-order valence-electron chi connectivity index (χ0n) is 16.4. The van der Waals surface area contributed by atoms with E-state index in [0.29, 0.717) is 39.8 Å². The normalized spacial score (nSPS) is 11.3. The van der Waals surface area contributed by atoms with E-state index in [4.69, 9.17) is 9.15 Å². The monoisotopic (exact) mass is 391 g/mol. The fourth-order valence-corrected chi connectivity index (χ4v) is 3.15. The van der Waals surface area contributed by atoms with Gasteiger partial charge in [-0.2, -0.15) is 0 Å². The van der Waals surface area contributed by atoms with Crippen molar-refractivity contribution in [3.63, 3.8) is 0 Å². The molecule has 0 saturated heterocycles. The van der Waals surface area contributed by atoms with Crippen molar-refractivity contribution < 1.29 is 9.15 Å². The first kappa shape index (κ1) is 18.8. The number of hydrogen-bond acceptors (Lipinski definition) is 7. The smallest absolute Gasteiger partial charge is 0.195 e. The van der Waals surface area contributed by atoms with Gasteiger partial charge in [0.15, 0.2) is 11.3 Å². The third-order valence-electron chi connectivity index (χ3n) is 4.46. The molecule has 0 fully saturated rings. The predicted molar refractivity (Wildman–Crippen MR) is 110 cm³/mol. The fourth-order valence-electron chi connectivity index (χ4n) is 3.15.